The third kappa shape index (κ3) is 3.95. The van der Waals surface area contributed by atoms with Crippen LogP contribution in [0.5, 0.6) is 0 Å². The number of nitrogens with one attached hydrogen (secondary N) is 1. The van der Waals surface area contributed by atoms with E-state index in [9.17, 15) is 13.2 Å². The first kappa shape index (κ1) is 20.1. The van der Waals surface area contributed by atoms with Crippen molar-refractivity contribution in [3.63, 3.8) is 0 Å². The highest BCUT2D eigenvalue weighted by atomic mass is 32.2. The van der Waals surface area contributed by atoms with Gasteiger partial charge in [0, 0.05) is 36.4 Å². The van der Waals surface area contributed by atoms with Crippen LogP contribution in [0.4, 0.5) is 5.69 Å². The molecule has 1 N–H and O–H groups in total. The summed E-state index contributed by atoms with van der Waals surface area (Å²) in [6, 6.07) is 12.6. The van der Waals surface area contributed by atoms with Crippen molar-refractivity contribution in [3.8, 4) is 0 Å². The van der Waals surface area contributed by atoms with Crippen LogP contribution in [-0.4, -0.2) is 36.8 Å². The third-order valence-electron chi connectivity index (χ3n) is 4.95. The summed E-state index contributed by atoms with van der Waals surface area (Å²) in [7, 11) is -2.32. The Morgan fingerprint density at radius 3 is 2.50 bits per heavy atom. The van der Waals surface area contributed by atoms with E-state index >= 15 is 0 Å². The van der Waals surface area contributed by atoms with Gasteiger partial charge in [0.2, 0.25) is 15.9 Å². The van der Waals surface area contributed by atoms with Crippen molar-refractivity contribution in [1.82, 2.24) is 8.87 Å². The number of benzene rings is 2. The van der Waals surface area contributed by atoms with Gasteiger partial charge >= 0.3 is 0 Å². The summed E-state index contributed by atoms with van der Waals surface area (Å²) in [6.07, 6.45) is 2.00. The summed E-state index contributed by atoms with van der Waals surface area (Å²) in [5.74, 6) is -0.385. The number of anilines is 1. The standard InChI is InChI=1S/C21H25N3O3S/c1-5-24-11-10-17-13-18(7-9-20(17)24)22-21(25)14-23(4)28(26,27)19-8-6-15(2)16(3)12-19/h6-13H,5,14H2,1-4H3,(H,22,25). The van der Waals surface area contributed by atoms with Crippen LogP contribution in [0.2, 0.25) is 0 Å². The number of aromatic nitrogens is 1. The first-order valence-electron chi connectivity index (χ1n) is 9.14. The summed E-state index contributed by atoms with van der Waals surface area (Å²) < 4.78 is 28.7. The lowest BCUT2D eigenvalue weighted by atomic mass is 10.1. The van der Waals surface area contributed by atoms with E-state index in [0.717, 1.165) is 32.9 Å². The molecule has 3 aromatic rings. The highest BCUT2D eigenvalue weighted by molar-refractivity contribution is 7.89. The molecule has 0 spiro atoms. The number of amides is 1. The average molecular weight is 400 g/mol. The molecular weight excluding hydrogens is 374 g/mol. The van der Waals surface area contributed by atoms with E-state index in [1.807, 2.05) is 44.3 Å². The van der Waals surface area contributed by atoms with Gasteiger partial charge in [0.25, 0.3) is 0 Å². The van der Waals surface area contributed by atoms with E-state index in [-0.39, 0.29) is 17.3 Å². The molecule has 0 bridgehead atoms. The molecule has 0 unspecified atom stereocenters. The molecule has 0 saturated heterocycles. The molecule has 1 amide bonds. The van der Waals surface area contributed by atoms with Gasteiger partial charge in [-0.1, -0.05) is 6.07 Å². The Hall–Kier alpha value is -2.64. The molecule has 1 heterocycles. The van der Waals surface area contributed by atoms with Crippen LogP contribution in [0.1, 0.15) is 18.1 Å². The smallest absolute Gasteiger partial charge is 0.243 e. The number of carbonyl (C=O) groups excluding carboxylic acids is 1. The first-order chi connectivity index (χ1) is 13.2. The van der Waals surface area contributed by atoms with Gasteiger partial charge < -0.3 is 9.88 Å². The van der Waals surface area contributed by atoms with E-state index < -0.39 is 10.0 Å². The topological polar surface area (TPSA) is 71.4 Å². The Labute approximate surface area is 165 Å². The molecule has 0 aliphatic rings. The zero-order valence-corrected chi connectivity index (χ0v) is 17.4. The van der Waals surface area contributed by atoms with Crippen molar-refractivity contribution >= 4 is 32.5 Å². The van der Waals surface area contributed by atoms with Gasteiger partial charge in [0.15, 0.2) is 0 Å². The number of rotatable bonds is 6. The largest absolute Gasteiger partial charge is 0.348 e. The first-order valence-corrected chi connectivity index (χ1v) is 10.6. The fourth-order valence-electron chi connectivity index (χ4n) is 3.10. The van der Waals surface area contributed by atoms with Crippen LogP contribution in [0, 0.1) is 13.8 Å². The van der Waals surface area contributed by atoms with Crippen molar-refractivity contribution in [2.45, 2.75) is 32.2 Å². The van der Waals surface area contributed by atoms with Gasteiger partial charge in [-0.15, -0.1) is 0 Å². The lowest BCUT2D eigenvalue weighted by Crippen LogP contribution is -2.35. The zero-order valence-electron chi connectivity index (χ0n) is 16.6. The minimum atomic E-state index is -3.73. The van der Waals surface area contributed by atoms with Crippen molar-refractivity contribution in [1.29, 1.82) is 0 Å². The maximum Gasteiger partial charge on any atom is 0.243 e. The van der Waals surface area contributed by atoms with E-state index in [2.05, 4.69) is 16.8 Å². The van der Waals surface area contributed by atoms with Gasteiger partial charge in [-0.25, -0.2) is 8.42 Å². The van der Waals surface area contributed by atoms with E-state index in [1.54, 1.807) is 18.2 Å². The van der Waals surface area contributed by atoms with Crippen LogP contribution in [-0.2, 0) is 21.4 Å². The maximum atomic E-state index is 12.7. The quantitative estimate of drug-likeness (QED) is 0.689. The molecule has 1 aromatic heterocycles. The van der Waals surface area contributed by atoms with Crippen molar-refractivity contribution in [2.24, 2.45) is 0 Å². The molecule has 2 aromatic carbocycles. The number of hydrogen-bond acceptors (Lipinski definition) is 3. The summed E-state index contributed by atoms with van der Waals surface area (Å²) in [4.78, 5) is 12.6. The average Bonchev–Trinajstić information content (AvgIpc) is 3.05. The Kier molecular flexibility index (Phi) is 5.58. The normalized spacial score (nSPS) is 11.9. The molecule has 6 nitrogen and oxygen atoms in total. The molecule has 3 rings (SSSR count). The van der Waals surface area contributed by atoms with Crippen molar-refractivity contribution in [2.75, 3.05) is 18.9 Å². The summed E-state index contributed by atoms with van der Waals surface area (Å²) >= 11 is 0. The van der Waals surface area contributed by atoms with Gasteiger partial charge in [-0.3, -0.25) is 4.79 Å². The number of carbonyl (C=O) groups is 1. The molecule has 0 saturated carbocycles. The van der Waals surface area contributed by atoms with Gasteiger partial charge in [0.05, 0.1) is 11.4 Å². The second kappa shape index (κ2) is 7.77. The fourth-order valence-corrected chi connectivity index (χ4v) is 4.31. The van der Waals surface area contributed by atoms with E-state index in [1.165, 1.54) is 7.05 Å². The van der Waals surface area contributed by atoms with Crippen LogP contribution in [0.3, 0.4) is 0 Å². The summed E-state index contributed by atoms with van der Waals surface area (Å²) in [5, 5.41) is 3.81. The Bertz CT molecular complexity index is 1130. The predicted molar refractivity (Wildman–Crippen MR) is 112 cm³/mol. The van der Waals surface area contributed by atoms with Crippen molar-refractivity contribution < 1.29 is 13.2 Å². The lowest BCUT2D eigenvalue weighted by Gasteiger charge is -2.17. The third-order valence-corrected chi connectivity index (χ3v) is 6.75. The number of aryl methyl sites for hydroxylation is 3. The zero-order chi connectivity index (χ0) is 20.5. The number of sulfonamides is 1. The number of hydrogen-bond donors (Lipinski definition) is 1. The van der Waals surface area contributed by atoms with Crippen LogP contribution in [0.25, 0.3) is 10.9 Å². The van der Waals surface area contributed by atoms with Gasteiger partial charge in [-0.05, 0) is 68.3 Å². The van der Waals surface area contributed by atoms with Crippen molar-refractivity contribution in [3.05, 3.63) is 59.8 Å². The molecule has 0 aliphatic heterocycles. The molecule has 0 atom stereocenters. The minimum Gasteiger partial charge on any atom is -0.348 e. The maximum absolute atomic E-state index is 12.7. The van der Waals surface area contributed by atoms with E-state index in [4.69, 9.17) is 0 Å². The molecule has 28 heavy (non-hydrogen) atoms. The summed E-state index contributed by atoms with van der Waals surface area (Å²) in [5.41, 5.74) is 3.65. The summed E-state index contributed by atoms with van der Waals surface area (Å²) in [6.45, 7) is 6.47. The molecule has 0 radical (unpaired) electrons. The molecule has 7 heteroatoms. The Morgan fingerprint density at radius 1 is 1.07 bits per heavy atom. The second-order valence-electron chi connectivity index (χ2n) is 6.93. The van der Waals surface area contributed by atoms with Crippen LogP contribution in [0.15, 0.2) is 53.6 Å². The predicted octanol–water partition coefficient (Wildman–Crippen LogP) is 3.54. The molecule has 148 valence electrons. The van der Waals surface area contributed by atoms with Crippen LogP contribution >= 0.6 is 0 Å². The monoisotopic (exact) mass is 399 g/mol. The number of nitrogens with zero attached hydrogens (tertiary/aromatic N) is 2. The molecule has 0 fully saturated rings. The highest BCUT2D eigenvalue weighted by Crippen LogP contribution is 2.21. The van der Waals surface area contributed by atoms with Crippen LogP contribution < -0.4 is 5.32 Å². The highest BCUT2D eigenvalue weighted by Gasteiger charge is 2.23. The number of fused-ring (bicyclic) bond motifs is 1. The minimum absolute atomic E-state index is 0.188. The fraction of sp³-hybridized carbons (Fsp3) is 0.286. The van der Waals surface area contributed by atoms with Gasteiger partial charge in [-0.2, -0.15) is 4.31 Å². The Morgan fingerprint density at radius 2 is 1.82 bits per heavy atom. The van der Waals surface area contributed by atoms with Gasteiger partial charge in [0.1, 0.15) is 0 Å². The lowest BCUT2D eigenvalue weighted by molar-refractivity contribution is -0.116. The molecular formula is C21H25N3O3S. The van der Waals surface area contributed by atoms with E-state index in [0.29, 0.717) is 5.69 Å². The Balaban J connectivity index is 1.72. The second-order valence-corrected chi connectivity index (χ2v) is 8.98. The molecule has 0 aliphatic carbocycles. The number of likely N-dealkylation sites (N-methyl/N-ethyl adjacent to an activating group) is 1. The SMILES string of the molecule is CCn1ccc2cc(NC(=O)CN(C)S(=O)(=O)c3ccc(C)c(C)c3)ccc21.